The highest BCUT2D eigenvalue weighted by Gasteiger charge is 2.71. The summed E-state index contributed by atoms with van der Waals surface area (Å²) in [6.45, 7) is 12.0. The van der Waals surface area contributed by atoms with Crippen molar-refractivity contribution in [2.75, 3.05) is 67.7 Å². The fraction of sp³-hybridized carbons (Fsp3) is 1.00. The van der Waals surface area contributed by atoms with Gasteiger partial charge < -0.3 is 24.0 Å². The Hall–Kier alpha value is -0.340. The molecule has 0 amide bonds. The monoisotopic (exact) mass is 394 g/mol. The minimum atomic E-state index is -2.54. The molecule has 2 fully saturated rings. The lowest BCUT2D eigenvalue weighted by Crippen LogP contribution is -2.52. The van der Waals surface area contributed by atoms with Crippen LogP contribution in [-0.4, -0.2) is 95.6 Å². The van der Waals surface area contributed by atoms with E-state index in [1.165, 1.54) is 0 Å². The van der Waals surface area contributed by atoms with Crippen LogP contribution in [-0.2, 0) is 14.2 Å². The van der Waals surface area contributed by atoms with E-state index >= 15 is 0 Å². The Labute approximate surface area is 164 Å². The SMILES string of the molecule is CC(C)OCC1(CN(C)C)CC1(F)F.CC(C)OCC1(CN(C)C)COC1. The van der Waals surface area contributed by atoms with Crippen molar-refractivity contribution in [3.8, 4) is 0 Å². The molecule has 1 saturated heterocycles. The number of halogens is 2. The maximum absolute atomic E-state index is 13.2. The molecule has 2 aliphatic rings. The van der Waals surface area contributed by atoms with Crippen molar-refractivity contribution < 1.29 is 23.0 Å². The molecule has 1 aliphatic carbocycles. The highest BCUT2D eigenvalue weighted by Crippen LogP contribution is 2.60. The van der Waals surface area contributed by atoms with Crippen molar-refractivity contribution in [3.05, 3.63) is 0 Å². The van der Waals surface area contributed by atoms with Gasteiger partial charge >= 0.3 is 0 Å². The van der Waals surface area contributed by atoms with Gasteiger partial charge in [0.1, 0.15) is 0 Å². The maximum atomic E-state index is 13.2. The summed E-state index contributed by atoms with van der Waals surface area (Å²) in [6.07, 6.45) is 0.301. The normalized spacial score (nSPS) is 25.6. The second-order valence-electron chi connectivity index (χ2n) is 9.35. The van der Waals surface area contributed by atoms with Crippen LogP contribution in [0.5, 0.6) is 0 Å². The van der Waals surface area contributed by atoms with Crippen LogP contribution in [0.2, 0.25) is 0 Å². The number of alkyl halides is 2. The molecule has 0 aromatic heterocycles. The Morgan fingerprint density at radius 1 is 0.852 bits per heavy atom. The minimum Gasteiger partial charge on any atom is -0.380 e. The Bertz CT molecular complexity index is 441. The number of hydrogen-bond donors (Lipinski definition) is 0. The summed E-state index contributed by atoms with van der Waals surface area (Å²) in [6, 6.07) is 0. The number of nitrogens with zero attached hydrogens (tertiary/aromatic N) is 2. The Morgan fingerprint density at radius 2 is 1.30 bits per heavy atom. The van der Waals surface area contributed by atoms with Gasteiger partial charge in [-0.25, -0.2) is 8.78 Å². The molecule has 0 spiro atoms. The van der Waals surface area contributed by atoms with Crippen LogP contribution in [0.1, 0.15) is 34.1 Å². The highest BCUT2D eigenvalue weighted by molar-refractivity contribution is 5.11. The van der Waals surface area contributed by atoms with Crippen molar-refractivity contribution in [1.29, 1.82) is 0 Å². The molecule has 1 heterocycles. The zero-order valence-corrected chi connectivity index (χ0v) is 18.5. The van der Waals surface area contributed by atoms with Crippen molar-refractivity contribution >= 4 is 0 Å². The molecule has 0 N–H and O–H groups in total. The van der Waals surface area contributed by atoms with Crippen LogP contribution in [0.4, 0.5) is 8.78 Å². The molecule has 27 heavy (non-hydrogen) atoms. The van der Waals surface area contributed by atoms with Crippen LogP contribution < -0.4 is 0 Å². The number of hydrogen-bond acceptors (Lipinski definition) is 5. The van der Waals surface area contributed by atoms with Crippen LogP contribution in [0, 0.1) is 10.8 Å². The van der Waals surface area contributed by atoms with Crippen LogP contribution in [0.3, 0.4) is 0 Å². The van der Waals surface area contributed by atoms with Gasteiger partial charge in [-0.2, -0.15) is 0 Å². The molecule has 0 bridgehead atoms. The first-order chi connectivity index (χ1) is 12.3. The van der Waals surface area contributed by atoms with E-state index in [1.54, 1.807) is 4.90 Å². The van der Waals surface area contributed by atoms with Gasteiger partial charge in [0.15, 0.2) is 0 Å². The summed E-state index contributed by atoms with van der Waals surface area (Å²) in [5.74, 6) is -2.54. The first kappa shape index (κ1) is 24.7. The molecule has 162 valence electrons. The van der Waals surface area contributed by atoms with E-state index in [9.17, 15) is 8.78 Å². The highest BCUT2D eigenvalue weighted by atomic mass is 19.3. The van der Waals surface area contributed by atoms with E-state index in [0.717, 1.165) is 26.4 Å². The van der Waals surface area contributed by atoms with E-state index in [2.05, 4.69) is 32.8 Å². The van der Waals surface area contributed by atoms with Crippen molar-refractivity contribution in [2.45, 2.75) is 52.2 Å². The summed E-state index contributed by atoms with van der Waals surface area (Å²) in [4.78, 5) is 4.00. The third kappa shape index (κ3) is 7.89. The first-order valence-electron chi connectivity index (χ1n) is 9.81. The van der Waals surface area contributed by atoms with Gasteiger partial charge in [0, 0.05) is 19.5 Å². The topological polar surface area (TPSA) is 34.2 Å². The summed E-state index contributed by atoms with van der Waals surface area (Å²) >= 11 is 0. The molecule has 7 heteroatoms. The second-order valence-corrected chi connectivity index (χ2v) is 9.35. The van der Waals surface area contributed by atoms with E-state index in [4.69, 9.17) is 14.2 Å². The minimum absolute atomic E-state index is 0.0189. The van der Waals surface area contributed by atoms with Crippen LogP contribution in [0.15, 0.2) is 0 Å². The lowest BCUT2D eigenvalue weighted by atomic mass is 9.86. The molecule has 1 aliphatic heterocycles. The lowest BCUT2D eigenvalue weighted by Gasteiger charge is -2.43. The summed E-state index contributed by atoms with van der Waals surface area (Å²) < 4.78 is 42.5. The van der Waals surface area contributed by atoms with E-state index in [-0.39, 0.29) is 24.5 Å². The molecule has 1 atom stereocenters. The largest absolute Gasteiger partial charge is 0.380 e. The van der Waals surface area contributed by atoms with E-state index < -0.39 is 11.3 Å². The molecule has 0 aromatic rings. The van der Waals surface area contributed by atoms with Gasteiger partial charge in [-0.1, -0.05) is 0 Å². The quantitative estimate of drug-likeness (QED) is 0.569. The Morgan fingerprint density at radius 3 is 1.59 bits per heavy atom. The third-order valence-electron chi connectivity index (χ3n) is 4.71. The van der Waals surface area contributed by atoms with Crippen LogP contribution >= 0.6 is 0 Å². The maximum Gasteiger partial charge on any atom is 0.258 e. The molecule has 5 nitrogen and oxygen atoms in total. The van der Waals surface area contributed by atoms with Gasteiger partial charge in [0.25, 0.3) is 5.92 Å². The predicted molar refractivity (Wildman–Crippen MR) is 105 cm³/mol. The van der Waals surface area contributed by atoms with E-state index in [0.29, 0.717) is 12.6 Å². The third-order valence-corrected chi connectivity index (χ3v) is 4.71. The van der Waals surface area contributed by atoms with Crippen molar-refractivity contribution in [1.82, 2.24) is 9.80 Å². The molecule has 1 saturated carbocycles. The molecule has 0 radical (unpaired) electrons. The van der Waals surface area contributed by atoms with Crippen molar-refractivity contribution in [3.63, 3.8) is 0 Å². The smallest absolute Gasteiger partial charge is 0.258 e. The Balaban J connectivity index is 0.000000271. The lowest BCUT2D eigenvalue weighted by molar-refractivity contribution is -0.162. The van der Waals surface area contributed by atoms with Gasteiger partial charge in [-0.15, -0.1) is 0 Å². The number of rotatable bonds is 10. The van der Waals surface area contributed by atoms with Gasteiger partial charge in [0.05, 0.1) is 49.5 Å². The molecule has 2 rings (SSSR count). The predicted octanol–water partition coefficient (Wildman–Crippen LogP) is 2.99. The van der Waals surface area contributed by atoms with E-state index in [1.807, 2.05) is 27.9 Å². The Kier molecular flexibility index (Phi) is 9.07. The fourth-order valence-corrected chi connectivity index (χ4v) is 3.31. The molecule has 1 unspecified atom stereocenters. The molecular weight excluding hydrogens is 354 g/mol. The molecular formula is C20H40F2N2O3. The van der Waals surface area contributed by atoms with Crippen LogP contribution in [0.25, 0.3) is 0 Å². The standard InChI is InChI=1S/C10H19F2NO.C10H21NO2/c1-8(2)14-7-9(6-13(3)4)5-10(9,11)12;1-9(2)13-8-10(5-11(3)4)6-12-7-10/h8H,5-7H2,1-4H3;9H,5-8H2,1-4H3. The zero-order valence-electron chi connectivity index (χ0n) is 18.5. The zero-order chi connectivity index (χ0) is 20.9. The van der Waals surface area contributed by atoms with Gasteiger partial charge in [0.2, 0.25) is 0 Å². The van der Waals surface area contributed by atoms with Gasteiger partial charge in [-0.3, -0.25) is 0 Å². The summed E-state index contributed by atoms with van der Waals surface area (Å²) in [5.41, 5.74) is -0.672. The second kappa shape index (κ2) is 9.92. The average molecular weight is 395 g/mol. The average Bonchev–Trinajstić information content (AvgIpc) is 3.00. The summed E-state index contributed by atoms with van der Waals surface area (Å²) in [5, 5.41) is 0. The molecule has 0 aromatic carbocycles. The van der Waals surface area contributed by atoms with Gasteiger partial charge in [-0.05, 0) is 55.9 Å². The fourth-order valence-electron chi connectivity index (χ4n) is 3.31. The summed E-state index contributed by atoms with van der Waals surface area (Å²) in [7, 11) is 7.81. The number of ether oxygens (including phenoxy) is 3. The first-order valence-corrected chi connectivity index (χ1v) is 9.81. The van der Waals surface area contributed by atoms with Crippen molar-refractivity contribution in [2.24, 2.45) is 10.8 Å².